The number of carbonyl (C=O) groups is 4. The Hall–Kier alpha value is -2.28. The van der Waals surface area contributed by atoms with Crippen molar-refractivity contribution in [1.82, 2.24) is 9.80 Å². The number of rotatable bonds is 12. The molecule has 0 aromatic carbocycles. The lowest BCUT2D eigenvalue weighted by molar-refractivity contribution is -0.307. The number of aliphatic carboxylic acids is 3. The van der Waals surface area contributed by atoms with Crippen molar-refractivity contribution in [2.24, 2.45) is 0 Å². The van der Waals surface area contributed by atoms with Gasteiger partial charge < -0.3 is 30.3 Å². The van der Waals surface area contributed by atoms with Gasteiger partial charge in [-0.1, -0.05) is 0 Å². The lowest BCUT2D eigenvalue weighted by Gasteiger charge is -2.25. The van der Waals surface area contributed by atoms with Crippen LogP contribution in [0.15, 0.2) is 0 Å². The average molecular weight is 352 g/mol. The van der Waals surface area contributed by atoms with Crippen LogP contribution in [0.25, 0.3) is 0 Å². The predicted octanol–water partition coefficient (Wildman–Crippen LogP) is -2.95. The van der Waals surface area contributed by atoms with Gasteiger partial charge in [0.15, 0.2) is 0 Å². The van der Waals surface area contributed by atoms with E-state index in [1.54, 1.807) is 0 Å². The lowest BCUT2D eigenvalue weighted by Crippen LogP contribution is -2.44. The second kappa shape index (κ2) is 9.77. The number of aliphatic hydroxyl groups is 2. The Labute approximate surface area is 136 Å². The largest absolute Gasteiger partial charge is 0.480 e. The van der Waals surface area contributed by atoms with Gasteiger partial charge in [0, 0.05) is 20.0 Å². The van der Waals surface area contributed by atoms with Crippen LogP contribution in [0.3, 0.4) is 0 Å². The summed E-state index contributed by atoms with van der Waals surface area (Å²) in [4.78, 5) is 45.7. The van der Waals surface area contributed by atoms with Crippen LogP contribution in [0.4, 0.5) is 0 Å². The highest BCUT2D eigenvalue weighted by atomic mass is 16.8. The van der Waals surface area contributed by atoms with E-state index in [0.29, 0.717) is 0 Å². The third-order valence-electron chi connectivity index (χ3n) is 2.47. The predicted molar refractivity (Wildman–Crippen MR) is 74.7 cm³/mol. The highest BCUT2D eigenvalue weighted by Gasteiger charge is 2.24. The van der Waals surface area contributed by atoms with Gasteiger partial charge in [-0.2, -0.15) is 0 Å². The van der Waals surface area contributed by atoms with Crippen LogP contribution < -0.4 is 0 Å². The zero-order valence-corrected chi connectivity index (χ0v) is 12.9. The van der Waals surface area contributed by atoms with E-state index in [0.717, 1.165) is 16.7 Å². The highest BCUT2D eigenvalue weighted by Crippen LogP contribution is 2.02. The van der Waals surface area contributed by atoms with Crippen LogP contribution in [-0.4, -0.2) is 104 Å². The minimum Gasteiger partial charge on any atom is -0.480 e. The number of carbonyl (C=O) groups excluding carboxylic acids is 1. The molecule has 12 nitrogen and oxygen atoms in total. The molecule has 0 unspecified atom stereocenters. The van der Waals surface area contributed by atoms with Crippen molar-refractivity contribution in [1.29, 1.82) is 0 Å². The summed E-state index contributed by atoms with van der Waals surface area (Å²) in [5, 5.41) is 44.1. The van der Waals surface area contributed by atoms with Gasteiger partial charge in [0.1, 0.15) is 0 Å². The van der Waals surface area contributed by atoms with Crippen molar-refractivity contribution in [3.05, 3.63) is 0 Å². The number of carboxylic acid groups (broad SMARTS) is 3. The van der Waals surface area contributed by atoms with E-state index >= 15 is 0 Å². The smallest absolute Gasteiger partial charge is 0.324 e. The van der Waals surface area contributed by atoms with Gasteiger partial charge in [0.05, 0.1) is 26.2 Å². The van der Waals surface area contributed by atoms with Crippen molar-refractivity contribution < 1.29 is 49.4 Å². The molecule has 0 spiro atoms. The Kier molecular flexibility index (Phi) is 8.84. The van der Waals surface area contributed by atoms with Crippen molar-refractivity contribution in [3.63, 3.8) is 0 Å². The second-order valence-corrected chi connectivity index (χ2v) is 5.01. The third-order valence-corrected chi connectivity index (χ3v) is 2.47. The quantitative estimate of drug-likeness (QED) is 0.178. The SMILES string of the molecule is CC(O)(O)OC(=O)CN(CCN(CC(=O)O)CC(=O)O)CC(=O)O. The molecule has 24 heavy (non-hydrogen) atoms. The van der Waals surface area contributed by atoms with Crippen molar-refractivity contribution in [3.8, 4) is 0 Å². The highest BCUT2D eigenvalue weighted by molar-refractivity contribution is 5.74. The Bertz CT molecular complexity index is 457. The standard InChI is InChI=1S/C12H20N2O10/c1-12(22,23)24-11(21)7-14(6-10(19)20)3-2-13(4-8(15)16)5-9(17)18/h22-23H,2-7H2,1H3,(H,15,16)(H,17,18)(H,19,20). The van der Waals surface area contributed by atoms with Gasteiger partial charge in [-0.05, 0) is 0 Å². The summed E-state index contributed by atoms with van der Waals surface area (Å²) in [6, 6.07) is 0. The normalized spacial score (nSPS) is 11.5. The monoisotopic (exact) mass is 352 g/mol. The van der Waals surface area contributed by atoms with Gasteiger partial charge in [-0.25, -0.2) is 0 Å². The Morgan fingerprint density at radius 1 is 0.792 bits per heavy atom. The fraction of sp³-hybridized carbons (Fsp3) is 0.667. The summed E-state index contributed by atoms with van der Waals surface area (Å²) in [7, 11) is 0. The zero-order chi connectivity index (χ0) is 18.9. The maximum absolute atomic E-state index is 11.5. The molecule has 0 amide bonds. The molecule has 0 aliphatic carbocycles. The molecule has 0 radical (unpaired) electrons. The molecular weight excluding hydrogens is 332 g/mol. The summed E-state index contributed by atoms with van der Waals surface area (Å²) in [6.07, 6.45) is 0. The molecule has 0 saturated heterocycles. The van der Waals surface area contributed by atoms with Gasteiger partial charge in [0.25, 0.3) is 0 Å². The molecule has 0 aromatic rings. The average Bonchev–Trinajstić information content (AvgIpc) is 2.30. The fourth-order valence-electron chi connectivity index (χ4n) is 1.72. The van der Waals surface area contributed by atoms with Crippen molar-refractivity contribution in [2.45, 2.75) is 12.9 Å². The van der Waals surface area contributed by atoms with Crippen LogP contribution in [0, 0.1) is 0 Å². The molecule has 0 aliphatic heterocycles. The van der Waals surface area contributed by atoms with Crippen LogP contribution >= 0.6 is 0 Å². The number of ether oxygens (including phenoxy) is 1. The van der Waals surface area contributed by atoms with Crippen LogP contribution in [0.5, 0.6) is 0 Å². The fourth-order valence-corrected chi connectivity index (χ4v) is 1.72. The van der Waals surface area contributed by atoms with E-state index in [-0.39, 0.29) is 13.1 Å². The van der Waals surface area contributed by atoms with E-state index in [9.17, 15) is 19.2 Å². The topological polar surface area (TPSA) is 185 Å². The first kappa shape index (κ1) is 21.7. The minimum absolute atomic E-state index is 0.144. The summed E-state index contributed by atoms with van der Waals surface area (Å²) < 4.78 is 4.22. The molecule has 138 valence electrons. The summed E-state index contributed by atoms with van der Waals surface area (Å²) in [6.45, 7) is -1.90. The summed E-state index contributed by atoms with van der Waals surface area (Å²) in [5.41, 5.74) is 0. The maximum atomic E-state index is 11.5. The van der Waals surface area contributed by atoms with E-state index in [4.69, 9.17) is 25.5 Å². The molecule has 0 bridgehead atoms. The van der Waals surface area contributed by atoms with E-state index in [2.05, 4.69) is 4.74 Å². The molecular formula is C12H20N2O10. The number of hydrogen-bond acceptors (Lipinski definition) is 9. The molecule has 0 saturated carbocycles. The second-order valence-electron chi connectivity index (χ2n) is 5.01. The van der Waals surface area contributed by atoms with Crippen LogP contribution in [-0.2, 0) is 23.9 Å². The van der Waals surface area contributed by atoms with E-state index in [1.165, 1.54) is 0 Å². The zero-order valence-electron chi connectivity index (χ0n) is 12.9. The third kappa shape index (κ3) is 12.3. The number of carboxylic acids is 3. The first-order valence-electron chi connectivity index (χ1n) is 6.65. The van der Waals surface area contributed by atoms with Crippen LogP contribution in [0.2, 0.25) is 0 Å². The molecule has 0 fully saturated rings. The minimum atomic E-state index is -2.72. The number of hydrogen-bond donors (Lipinski definition) is 5. The molecule has 5 N–H and O–H groups in total. The number of nitrogens with zero attached hydrogens (tertiary/aromatic N) is 2. The summed E-state index contributed by atoms with van der Waals surface area (Å²) in [5.74, 6) is -7.66. The Morgan fingerprint density at radius 2 is 1.12 bits per heavy atom. The Balaban J connectivity index is 4.74. The molecule has 0 aliphatic rings. The van der Waals surface area contributed by atoms with Crippen molar-refractivity contribution >= 4 is 23.9 Å². The van der Waals surface area contributed by atoms with E-state index < -0.39 is 56.0 Å². The van der Waals surface area contributed by atoms with Gasteiger partial charge in [0.2, 0.25) is 0 Å². The summed E-state index contributed by atoms with van der Waals surface area (Å²) >= 11 is 0. The molecule has 0 aromatic heterocycles. The molecule has 12 heteroatoms. The van der Waals surface area contributed by atoms with Gasteiger partial charge in [-0.3, -0.25) is 29.0 Å². The molecule has 0 atom stereocenters. The maximum Gasteiger partial charge on any atom is 0.324 e. The molecule has 0 rings (SSSR count). The lowest BCUT2D eigenvalue weighted by atomic mass is 10.4. The van der Waals surface area contributed by atoms with Crippen LogP contribution in [0.1, 0.15) is 6.92 Å². The molecule has 0 heterocycles. The Morgan fingerprint density at radius 3 is 1.42 bits per heavy atom. The first-order valence-corrected chi connectivity index (χ1v) is 6.65. The van der Waals surface area contributed by atoms with Gasteiger partial charge >= 0.3 is 29.9 Å². The first-order chi connectivity index (χ1) is 10.9. The van der Waals surface area contributed by atoms with Gasteiger partial charge in [-0.15, -0.1) is 0 Å². The van der Waals surface area contributed by atoms with Crippen molar-refractivity contribution in [2.75, 3.05) is 39.3 Å². The van der Waals surface area contributed by atoms with E-state index in [1.807, 2.05) is 0 Å². The number of esters is 1.